The number of hydrogen-bond acceptors (Lipinski definition) is 3. The zero-order valence-electron chi connectivity index (χ0n) is 15.0. The van der Waals surface area contributed by atoms with Gasteiger partial charge in [0.2, 0.25) is 0 Å². The zero-order valence-corrected chi connectivity index (χ0v) is 19.5. The third-order valence-electron chi connectivity index (χ3n) is 4.31. The average molecular weight is 589 g/mol. The molecule has 150 valence electrons. The van der Waals surface area contributed by atoms with Gasteiger partial charge in [0.25, 0.3) is 5.91 Å². The molecule has 0 bridgehead atoms. The number of nitrogens with zero attached hydrogens (tertiary/aromatic N) is 1. The van der Waals surface area contributed by atoms with Crippen molar-refractivity contribution in [2.45, 2.75) is 19.0 Å². The van der Waals surface area contributed by atoms with Gasteiger partial charge in [-0.05, 0) is 74.4 Å². The Bertz CT molecular complexity index is 1020. The van der Waals surface area contributed by atoms with Crippen molar-refractivity contribution in [3.05, 3.63) is 90.8 Å². The molecule has 2 aromatic carbocycles. The second-order valence-corrected chi connectivity index (χ2v) is 8.69. The monoisotopic (exact) mass is 587 g/mol. The molecule has 0 saturated heterocycles. The van der Waals surface area contributed by atoms with Crippen LogP contribution in [0.5, 0.6) is 0 Å². The van der Waals surface area contributed by atoms with E-state index in [1.807, 2.05) is 52.9 Å². The molecule has 1 aromatic heterocycles. The molecule has 0 spiro atoms. The molecule has 0 radical (unpaired) electrons. The lowest BCUT2D eigenvalue weighted by molar-refractivity contribution is -0.142. The Labute approximate surface area is 194 Å². The maximum atomic E-state index is 13.4. The van der Waals surface area contributed by atoms with Gasteiger partial charge in [-0.2, -0.15) is 0 Å². The Hall–Kier alpha value is -1.84. The normalized spacial score (nSPS) is 11.8. The predicted octanol–water partition coefficient (Wildman–Crippen LogP) is 5.64. The first-order valence-corrected chi connectivity index (χ1v) is 10.9. The van der Waals surface area contributed by atoms with Crippen LogP contribution in [0.1, 0.15) is 21.7 Å². The van der Waals surface area contributed by atoms with Crippen LogP contribution in [0.2, 0.25) is 5.02 Å². The lowest BCUT2D eigenvalue weighted by atomic mass is 10.0. The fourth-order valence-electron chi connectivity index (χ4n) is 2.91. The van der Waals surface area contributed by atoms with E-state index >= 15 is 0 Å². The highest BCUT2D eigenvalue weighted by Gasteiger charge is 2.32. The van der Waals surface area contributed by atoms with Gasteiger partial charge >= 0.3 is 5.97 Å². The van der Waals surface area contributed by atoms with E-state index < -0.39 is 17.9 Å². The number of amides is 1. The van der Waals surface area contributed by atoms with Gasteiger partial charge in [0.1, 0.15) is 11.8 Å². The van der Waals surface area contributed by atoms with E-state index in [-0.39, 0.29) is 13.0 Å². The smallest absolute Gasteiger partial charge is 0.326 e. The van der Waals surface area contributed by atoms with Crippen molar-refractivity contribution in [3.8, 4) is 0 Å². The number of halogens is 3. The van der Waals surface area contributed by atoms with Gasteiger partial charge in [0.15, 0.2) is 4.67 Å². The molecule has 29 heavy (non-hydrogen) atoms. The van der Waals surface area contributed by atoms with Crippen molar-refractivity contribution in [3.63, 3.8) is 0 Å². The van der Waals surface area contributed by atoms with Crippen LogP contribution < -0.4 is 0 Å². The van der Waals surface area contributed by atoms with Gasteiger partial charge in [-0.25, -0.2) is 4.79 Å². The lowest BCUT2D eigenvalue weighted by Crippen LogP contribution is -2.46. The van der Waals surface area contributed by atoms with Crippen molar-refractivity contribution in [1.29, 1.82) is 0 Å². The third kappa shape index (κ3) is 5.61. The van der Waals surface area contributed by atoms with Crippen LogP contribution in [-0.2, 0) is 17.8 Å². The molecule has 3 rings (SSSR count). The van der Waals surface area contributed by atoms with E-state index in [1.54, 1.807) is 30.3 Å². The Balaban J connectivity index is 2.00. The zero-order chi connectivity index (χ0) is 21.0. The fraction of sp³-hybridized carbons (Fsp3) is 0.143. The summed E-state index contributed by atoms with van der Waals surface area (Å²) >= 11 is 11.3. The summed E-state index contributed by atoms with van der Waals surface area (Å²) < 4.78 is 6.69. The molecule has 0 aliphatic heterocycles. The summed E-state index contributed by atoms with van der Waals surface area (Å²) in [6.07, 6.45) is 0.175. The van der Waals surface area contributed by atoms with E-state index in [9.17, 15) is 14.7 Å². The first-order valence-electron chi connectivity index (χ1n) is 8.62. The maximum absolute atomic E-state index is 13.4. The van der Waals surface area contributed by atoms with Crippen molar-refractivity contribution in [2.24, 2.45) is 0 Å². The molecular formula is C21H16BrClINO4. The molecule has 1 atom stereocenters. The number of carboxylic acid groups (broad SMARTS) is 1. The summed E-state index contributed by atoms with van der Waals surface area (Å²) in [7, 11) is 0. The number of carboxylic acids is 1. The van der Waals surface area contributed by atoms with Crippen LogP contribution >= 0.6 is 50.1 Å². The first-order chi connectivity index (χ1) is 13.8. The van der Waals surface area contributed by atoms with Gasteiger partial charge in [-0.3, -0.25) is 4.79 Å². The van der Waals surface area contributed by atoms with E-state index in [4.69, 9.17) is 16.0 Å². The summed E-state index contributed by atoms with van der Waals surface area (Å²) in [5, 5.41) is 10.4. The third-order valence-corrected chi connectivity index (χ3v) is 5.86. The largest absolute Gasteiger partial charge is 0.480 e. The SMILES string of the molecule is O=C(O)C(Cc1ccccc1)N(Cc1ccc(Br)o1)C(=O)c1ccc(Cl)cc1I. The lowest BCUT2D eigenvalue weighted by Gasteiger charge is -2.29. The van der Waals surface area contributed by atoms with E-state index in [1.165, 1.54) is 4.90 Å². The van der Waals surface area contributed by atoms with Crippen LogP contribution in [0, 0.1) is 3.57 Å². The summed E-state index contributed by atoms with van der Waals surface area (Å²) in [5.41, 5.74) is 1.21. The minimum atomic E-state index is -1.09. The maximum Gasteiger partial charge on any atom is 0.326 e. The molecule has 1 unspecified atom stereocenters. The predicted molar refractivity (Wildman–Crippen MR) is 122 cm³/mol. The van der Waals surface area contributed by atoms with E-state index in [0.29, 0.717) is 24.6 Å². The summed E-state index contributed by atoms with van der Waals surface area (Å²) in [4.78, 5) is 26.9. The molecule has 5 nitrogen and oxygen atoms in total. The van der Waals surface area contributed by atoms with Crippen molar-refractivity contribution in [1.82, 2.24) is 4.90 Å². The minimum Gasteiger partial charge on any atom is -0.480 e. The summed E-state index contributed by atoms with van der Waals surface area (Å²) in [6, 6.07) is 16.5. The number of carbonyl (C=O) groups excluding carboxylic acids is 1. The molecule has 0 saturated carbocycles. The second kappa shape index (κ2) is 9.77. The van der Waals surface area contributed by atoms with Crippen LogP contribution in [0.25, 0.3) is 0 Å². The fourth-order valence-corrected chi connectivity index (χ4v) is 4.36. The topological polar surface area (TPSA) is 70.8 Å². The van der Waals surface area contributed by atoms with Crippen LogP contribution in [0.4, 0.5) is 0 Å². The summed E-state index contributed by atoms with van der Waals surface area (Å²) in [6.45, 7) is 0.0208. The van der Waals surface area contributed by atoms with Gasteiger partial charge < -0.3 is 14.4 Å². The van der Waals surface area contributed by atoms with Crippen LogP contribution in [-0.4, -0.2) is 27.9 Å². The molecular weight excluding hydrogens is 572 g/mol. The van der Waals surface area contributed by atoms with Crippen molar-refractivity contribution < 1.29 is 19.1 Å². The van der Waals surface area contributed by atoms with Gasteiger partial charge in [-0.15, -0.1) is 0 Å². The van der Waals surface area contributed by atoms with Gasteiger partial charge in [0, 0.05) is 15.0 Å². The van der Waals surface area contributed by atoms with Crippen LogP contribution in [0.15, 0.2) is 69.8 Å². The Morgan fingerprint density at radius 2 is 1.86 bits per heavy atom. The molecule has 3 aromatic rings. The number of rotatable bonds is 7. The Morgan fingerprint density at radius 3 is 2.45 bits per heavy atom. The first kappa shape index (κ1) is 21.9. The average Bonchev–Trinajstić information content (AvgIpc) is 3.09. The number of benzene rings is 2. The molecule has 8 heteroatoms. The van der Waals surface area contributed by atoms with Crippen molar-refractivity contribution >= 4 is 62.0 Å². The molecule has 1 amide bonds. The molecule has 1 N–H and O–H groups in total. The van der Waals surface area contributed by atoms with Gasteiger partial charge in [-0.1, -0.05) is 41.9 Å². The molecule has 0 aliphatic carbocycles. The highest BCUT2D eigenvalue weighted by molar-refractivity contribution is 14.1. The Kier molecular flexibility index (Phi) is 7.37. The molecule has 0 fully saturated rings. The Morgan fingerprint density at radius 1 is 1.14 bits per heavy atom. The number of furan rings is 1. The molecule has 0 aliphatic rings. The van der Waals surface area contributed by atoms with Crippen molar-refractivity contribution in [2.75, 3.05) is 0 Å². The minimum absolute atomic E-state index is 0.0208. The standard InChI is InChI=1S/C21H16BrClINO4/c22-19-9-7-15(29-19)12-25(20(26)16-8-6-14(23)11-17(16)24)18(21(27)28)10-13-4-2-1-3-5-13/h1-9,11,18H,10,12H2,(H,27,28). The van der Waals surface area contributed by atoms with Gasteiger partial charge in [0.05, 0.1) is 12.1 Å². The number of aliphatic carboxylic acids is 1. The molecule has 1 heterocycles. The van der Waals surface area contributed by atoms with Crippen LogP contribution in [0.3, 0.4) is 0 Å². The quantitative estimate of drug-likeness (QED) is 0.363. The highest BCUT2D eigenvalue weighted by atomic mass is 127. The second-order valence-electron chi connectivity index (χ2n) is 6.31. The number of hydrogen-bond donors (Lipinski definition) is 1. The van der Waals surface area contributed by atoms with E-state index in [2.05, 4.69) is 15.9 Å². The number of carbonyl (C=O) groups is 2. The highest BCUT2D eigenvalue weighted by Crippen LogP contribution is 2.24. The summed E-state index contributed by atoms with van der Waals surface area (Å²) in [5.74, 6) is -1.01. The van der Waals surface area contributed by atoms with E-state index in [0.717, 1.165) is 5.56 Å².